The van der Waals surface area contributed by atoms with E-state index in [9.17, 15) is 14.4 Å². The summed E-state index contributed by atoms with van der Waals surface area (Å²) < 4.78 is 4.87. The van der Waals surface area contributed by atoms with Gasteiger partial charge in [-0.3, -0.25) is 9.78 Å². The molecule has 1 N–H and O–H groups in total. The number of hydrogen-bond acceptors (Lipinski definition) is 5. The van der Waals surface area contributed by atoms with Crippen LogP contribution in [0.25, 0.3) is 0 Å². The summed E-state index contributed by atoms with van der Waals surface area (Å²) in [4.78, 5) is 46.5. The number of aromatic nitrogens is 1. The van der Waals surface area contributed by atoms with E-state index in [1.165, 1.54) is 7.11 Å². The highest BCUT2D eigenvalue weighted by Gasteiger charge is 2.65. The predicted octanol–water partition coefficient (Wildman–Crippen LogP) is 2.51. The van der Waals surface area contributed by atoms with E-state index in [2.05, 4.69) is 10.3 Å². The molecule has 1 aromatic rings. The molecule has 0 radical (unpaired) electrons. The van der Waals surface area contributed by atoms with Gasteiger partial charge in [-0.2, -0.15) is 0 Å². The van der Waals surface area contributed by atoms with E-state index in [-0.39, 0.29) is 23.9 Å². The normalized spacial score (nSPS) is 24.4. The number of esters is 1. The Bertz CT molecular complexity index is 833. The number of likely N-dealkylation sites (tertiary alicyclic amines) is 2. The third-order valence-corrected chi connectivity index (χ3v) is 7.26. The summed E-state index contributed by atoms with van der Waals surface area (Å²) >= 11 is 0. The summed E-state index contributed by atoms with van der Waals surface area (Å²) in [6.45, 7) is 4.86. The summed E-state index contributed by atoms with van der Waals surface area (Å²) in [5.41, 5.74) is 0.459. The average Bonchev–Trinajstić information content (AvgIpc) is 3.64. The molecule has 1 saturated carbocycles. The van der Waals surface area contributed by atoms with E-state index in [1.54, 1.807) is 11.1 Å². The van der Waals surface area contributed by atoms with Crippen LogP contribution in [-0.4, -0.2) is 65.0 Å². The van der Waals surface area contributed by atoms with Gasteiger partial charge in [-0.1, -0.05) is 26.3 Å². The van der Waals surface area contributed by atoms with Crippen molar-refractivity contribution in [1.82, 2.24) is 20.1 Å². The van der Waals surface area contributed by atoms with E-state index < -0.39 is 17.4 Å². The number of nitrogens with one attached hydrogen (secondary N) is 1. The van der Waals surface area contributed by atoms with Crippen molar-refractivity contribution >= 4 is 17.9 Å². The lowest BCUT2D eigenvalue weighted by atomic mass is 9.63. The molecular formula is C23H32N4O4. The Morgan fingerprint density at radius 1 is 1.29 bits per heavy atom. The molecule has 1 unspecified atom stereocenters. The molecule has 3 atom stereocenters. The first kappa shape index (κ1) is 21.6. The number of β-lactam (4-membered cyclic amide) rings is 1. The van der Waals surface area contributed by atoms with Crippen LogP contribution in [0.1, 0.15) is 57.7 Å². The van der Waals surface area contributed by atoms with Crippen LogP contribution >= 0.6 is 0 Å². The number of nitrogens with zero attached hydrogens (tertiary/aromatic N) is 3. The van der Waals surface area contributed by atoms with Crippen molar-refractivity contribution in [3.8, 4) is 0 Å². The van der Waals surface area contributed by atoms with Gasteiger partial charge in [0.2, 0.25) is 5.91 Å². The number of piperidine rings is 1. The Morgan fingerprint density at radius 3 is 2.55 bits per heavy atom. The minimum absolute atomic E-state index is 0.0122. The average molecular weight is 429 g/mol. The summed E-state index contributed by atoms with van der Waals surface area (Å²) in [7, 11) is 1.33. The van der Waals surface area contributed by atoms with E-state index in [0.29, 0.717) is 32.0 Å². The molecule has 3 heterocycles. The maximum absolute atomic E-state index is 13.2. The number of methoxy groups -OCH3 is 1. The zero-order valence-electron chi connectivity index (χ0n) is 18.5. The largest absolute Gasteiger partial charge is 0.467 e. The van der Waals surface area contributed by atoms with Crippen LogP contribution in [0.3, 0.4) is 0 Å². The van der Waals surface area contributed by atoms with Crippen LogP contribution in [0.2, 0.25) is 0 Å². The maximum Gasteiger partial charge on any atom is 0.328 e. The van der Waals surface area contributed by atoms with E-state index in [0.717, 1.165) is 25.0 Å². The first-order valence-electron chi connectivity index (χ1n) is 11.3. The highest BCUT2D eigenvalue weighted by atomic mass is 16.5. The van der Waals surface area contributed by atoms with Crippen LogP contribution in [0.5, 0.6) is 0 Å². The molecule has 2 aliphatic heterocycles. The molecule has 0 bridgehead atoms. The van der Waals surface area contributed by atoms with Gasteiger partial charge in [0.25, 0.3) is 0 Å². The number of urea groups is 1. The molecule has 3 aliphatic rings. The Morgan fingerprint density at radius 2 is 2.00 bits per heavy atom. The van der Waals surface area contributed by atoms with Gasteiger partial charge in [0.1, 0.15) is 6.04 Å². The molecule has 1 spiro atoms. The minimum atomic E-state index is -0.671. The zero-order chi connectivity index (χ0) is 22.2. The molecule has 1 aromatic heterocycles. The molecule has 3 fully saturated rings. The van der Waals surface area contributed by atoms with Gasteiger partial charge in [0.05, 0.1) is 24.3 Å². The zero-order valence-corrected chi connectivity index (χ0v) is 18.5. The predicted molar refractivity (Wildman–Crippen MR) is 114 cm³/mol. The number of carbonyl (C=O) groups is 3. The Hall–Kier alpha value is -2.64. The fourth-order valence-corrected chi connectivity index (χ4v) is 5.00. The van der Waals surface area contributed by atoms with Crippen LogP contribution in [0.4, 0.5) is 4.79 Å². The number of carbonyl (C=O) groups excluding carboxylic acids is 3. The molecule has 3 amide bonds. The first-order chi connectivity index (χ1) is 14.9. The lowest BCUT2D eigenvalue weighted by Gasteiger charge is -2.58. The fourth-order valence-electron chi connectivity index (χ4n) is 5.00. The number of rotatable bonds is 6. The smallest absolute Gasteiger partial charge is 0.328 e. The lowest BCUT2D eigenvalue weighted by Crippen LogP contribution is -2.67. The molecular weight excluding hydrogens is 396 g/mol. The second-order valence-electron chi connectivity index (χ2n) is 9.08. The topological polar surface area (TPSA) is 91.8 Å². The summed E-state index contributed by atoms with van der Waals surface area (Å²) in [5.74, 6) is -0.250. The highest BCUT2D eigenvalue weighted by Crippen LogP contribution is 2.58. The quantitative estimate of drug-likeness (QED) is 0.555. The third kappa shape index (κ3) is 3.77. The number of hydrogen-bond donors (Lipinski definition) is 1. The summed E-state index contributed by atoms with van der Waals surface area (Å²) in [5, 5.41) is 2.85. The van der Waals surface area contributed by atoms with Gasteiger partial charge in [0.15, 0.2) is 0 Å². The summed E-state index contributed by atoms with van der Waals surface area (Å²) in [6, 6.07) is 5.24. The SMILES string of the molecule is CC[C@H](C)[C@H](NC(=O)N1CCC2(CC1)C(=O)N(C1CC1)C2c1ccccn1)C(=O)OC. The third-order valence-electron chi connectivity index (χ3n) is 7.26. The van der Waals surface area contributed by atoms with Gasteiger partial charge in [-0.05, 0) is 43.7 Å². The van der Waals surface area contributed by atoms with Crippen molar-refractivity contribution in [2.24, 2.45) is 11.3 Å². The van der Waals surface area contributed by atoms with E-state index in [1.807, 2.05) is 36.9 Å². The van der Waals surface area contributed by atoms with Crippen molar-refractivity contribution in [2.75, 3.05) is 20.2 Å². The van der Waals surface area contributed by atoms with Crippen LogP contribution in [0, 0.1) is 11.3 Å². The molecule has 31 heavy (non-hydrogen) atoms. The monoisotopic (exact) mass is 428 g/mol. The van der Waals surface area contributed by atoms with Crippen LogP contribution in [-0.2, 0) is 14.3 Å². The lowest BCUT2D eigenvalue weighted by molar-refractivity contribution is -0.181. The van der Waals surface area contributed by atoms with Crippen molar-refractivity contribution < 1.29 is 19.1 Å². The van der Waals surface area contributed by atoms with Crippen molar-refractivity contribution in [3.05, 3.63) is 30.1 Å². The molecule has 0 aromatic carbocycles. The van der Waals surface area contributed by atoms with Gasteiger partial charge >= 0.3 is 12.0 Å². The maximum atomic E-state index is 13.2. The molecule has 8 nitrogen and oxygen atoms in total. The fraction of sp³-hybridized carbons (Fsp3) is 0.652. The Kier molecular flexibility index (Phi) is 5.90. The highest BCUT2D eigenvalue weighted by molar-refractivity contribution is 5.92. The van der Waals surface area contributed by atoms with Crippen molar-refractivity contribution in [1.29, 1.82) is 0 Å². The van der Waals surface area contributed by atoms with E-state index in [4.69, 9.17) is 4.74 Å². The number of pyridine rings is 1. The minimum Gasteiger partial charge on any atom is -0.467 e. The molecule has 168 valence electrons. The Balaban J connectivity index is 1.45. The van der Waals surface area contributed by atoms with Crippen LogP contribution in [0.15, 0.2) is 24.4 Å². The molecule has 8 heteroatoms. The van der Waals surface area contributed by atoms with Crippen LogP contribution < -0.4 is 5.32 Å². The number of amides is 3. The summed E-state index contributed by atoms with van der Waals surface area (Å²) in [6.07, 6.45) is 5.86. The van der Waals surface area contributed by atoms with Gasteiger partial charge in [-0.25, -0.2) is 9.59 Å². The molecule has 4 rings (SSSR count). The number of ether oxygens (including phenoxy) is 1. The van der Waals surface area contributed by atoms with Gasteiger partial charge in [0, 0.05) is 25.3 Å². The molecule has 1 aliphatic carbocycles. The van der Waals surface area contributed by atoms with Gasteiger partial charge < -0.3 is 19.9 Å². The second kappa shape index (κ2) is 8.48. The first-order valence-corrected chi connectivity index (χ1v) is 11.3. The van der Waals surface area contributed by atoms with Gasteiger partial charge in [-0.15, -0.1) is 0 Å². The van der Waals surface area contributed by atoms with Crippen molar-refractivity contribution in [2.45, 2.75) is 64.1 Å². The van der Waals surface area contributed by atoms with Crippen molar-refractivity contribution in [3.63, 3.8) is 0 Å². The second-order valence-corrected chi connectivity index (χ2v) is 9.08. The van der Waals surface area contributed by atoms with E-state index >= 15 is 0 Å². The Labute approximate surface area is 183 Å². The molecule has 2 saturated heterocycles. The standard InChI is InChI=1S/C23H32N4O4/c1-4-15(2)18(20(28)31-3)25-22(30)26-13-10-23(11-14-26)19(17-7-5-6-12-24-17)27(21(23)29)16-8-9-16/h5-7,12,15-16,18-19H,4,8-11,13-14H2,1-3H3,(H,25,30)/t15-,18-,19?/m0/s1.